The van der Waals surface area contributed by atoms with E-state index in [0.29, 0.717) is 5.82 Å². The summed E-state index contributed by atoms with van der Waals surface area (Å²) in [5.41, 5.74) is 11.3. The Balaban J connectivity index is 2.23. The van der Waals surface area contributed by atoms with Crippen molar-refractivity contribution in [3.8, 4) is 11.1 Å². The van der Waals surface area contributed by atoms with Crippen LogP contribution < -0.4 is 17.0 Å². The molecular weight excluding hydrogens is 282 g/mol. The highest BCUT2D eigenvalue weighted by Crippen LogP contribution is 2.33. The summed E-state index contributed by atoms with van der Waals surface area (Å²) in [6.07, 6.45) is 2.07. The molecule has 0 bridgehead atoms. The van der Waals surface area contributed by atoms with Crippen LogP contribution in [0.3, 0.4) is 0 Å². The summed E-state index contributed by atoms with van der Waals surface area (Å²) in [7, 11) is 0. The molecule has 5 nitrogen and oxygen atoms in total. The number of benzene rings is 2. The van der Waals surface area contributed by atoms with E-state index in [1.165, 1.54) is 10.5 Å². The zero-order chi connectivity index (χ0) is 14.8. The standard InChI is InChI=1S/C15H15N5S/c1-21-13-5-3-2-4-10(13)9-6-7-12-11(8-9)14(20-17)19-15(16)18-12/h2-8H,17H2,1H3,(H3,16,18,19,20). The molecule has 1 aromatic heterocycles. The molecule has 0 aliphatic carbocycles. The molecule has 0 fully saturated rings. The van der Waals surface area contributed by atoms with Crippen molar-refractivity contribution in [1.29, 1.82) is 0 Å². The number of hydrazine groups is 1. The van der Waals surface area contributed by atoms with Crippen molar-refractivity contribution < 1.29 is 0 Å². The van der Waals surface area contributed by atoms with Gasteiger partial charge < -0.3 is 11.2 Å². The smallest absolute Gasteiger partial charge is 0.222 e. The number of hydrogen-bond acceptors (Lipinski definition) is 6. The van der Waals surface area contributed by atoms with Gasteiger partial charge in [0.1, 0.15) is 0 Å². The fraction of sp³-hybridized carbons (Fsp3) is 0.0667. The second-order valence-electron chi connectivity index (χ2n) is 4.51. The van der Waals surface area contributed by atoms with Crippen LogP contribution in [0.4, 0.5) is 11.8 Å². The Morgan fingerprint density at radius 1 is 1.10 bits per heavy atom. The largest absolute Gasteiger partial charge is 0.368 e. The minimum absolute atomic E-state index is 0.202. The first-order valence-corrected chi connectivity index (χ1v) is 7.62. The molecule has 0 spiro atoms. The molecule has 3 aromatic rings. The normalized spacial score (nSPS) is 10.8. The number of nitrogens with two attached hydrogens (primary N) is 2. The van der Waals surface area contributed by atoms with Gasteiger partial charge in [0.05, 0.1) is 5.52 Å². The van der Waals surface area contributed by atoms with Crippen LogP contribution in [-0.2, 0) is 0 Å². The summed E-state index contributed by atoms with van der Waals surface area (Å²) >= 11 is 1.72. The van der Waals surface area contributed by atoms with Crippen LogP contribution in [0.1, 0.15) is 0 Å². The number of fused-ring (bicyclic) bond motifs is 1. The molecule has 1 heterocycles. The van der Waals surface area contributed by atoms with Crippen LogP contribution in [0.5, 0.6) is 0 Å². The van der Waals surface area contributed by atoms with Gasteiger partial charge in [-0.25, -0.2) is 10.8 Å². The maximum Gasteiger partial charge on any atom is 0.222 e. The second-order valence-corrected chi connectivity index (χ2v) is 5.36. The highest BCUT2D eigenvalue weighted by Gasteiger charge is 2.09. The van der Waals surface area contributed by atoms with Crippen LogP contribution in [0.2, 0.25) is 0 Å². The average molecular weight is 297 g/mol. The van der Waals surface area contributed by atoms with Crippen molar-refractivity contribution in [2.75, 3.05) is 17.4 Å². The number of hydrogen-bond donors (Lipinski definition) is 3. The summed E-state index contributed by atoms with van der Waals surface area (Å²) in [5, 5.41) is 0.847. The lowest BCUT2D eigenvalue weighted by Gasteiger charge is -2.10. The van der Waals surface area contributed by atoms with E-state index >= 15 is 0 Å². The van der Waals surface area contributed by atoms with E-state index in [-0.39, 0.29) is 5.95 Å². The van der Waals surface area contributed by atoms with Gasteiger partial charge in [-0.1, -0.05) is 24.3 Å². The van der Waals surface area contributed by atoms with E-state index in [4.69, 9.17) is 11.6 Å². The van der Waals surface area contributed by atoms with Crippen LogP contribution in [-0.4, -0.2) is 16.2 Å². The van der Waals surface area contributed by atoms with E-state index in [2.05, 4.69) is 33.8 Å². The van der Waals surface area contributed by atoms with Gasteiger partial charge in [-0.15, -0.1) is 11.8 Å². The number of nitrogen functional groups attached to an aromatic ring is 2. The highest BCUT2D eigenvalue weighted by atomic mass is 32.2. The Morgan fingerprint density at radius 2 is 1.90 bits per heavy atom. The van der Waals surface area contributed by atoms with Crippen molar-refractivity contribution >= 4 is 34.4 Å². The lowest BCUT2D eigenvalue weighted by molar-refractivity contribution is 1.19. The van der Waals surface area contributed by atoms with Crippen LogP contribution >= 0.6 is 11.8 Å². The quantitative estimate of drug-likeness (QED) is 0.391. The summed E-state index contributed by atoms with van der Waals surface area (Å²) in [5.74, 6) is 6.26. The number of nitrogens with zero attached hydrogens (tertiary/aromatic N) is 2. The monoisotopic (exact) mass is 297 g/mol. The molecule has 0 atom stereocenters. The van der Waals surface area contributed by atoms with Gasteiger partial charge in [0.25, 0.3) is 0 Å². The molecule has 6 heteroatoms. The summed E-state index contributed by atoms with van der Waals surface area (Å²) in [6, 6.07) is 14.3. The van der Waals surface area contributed by atoms with Crippen LogP contribution in [0, 0.1) is 0 Å². The Kier molecular flexibility index (Phi) is 3.64. The fourth-order valence-electron chi connectivity index (χ4n) is 2.31. The second kappa shape index (κ2) is 5.59. The van der Waals surface area contributed by atoms with Crippen molar-refractivity contribution in [1.82, 2.24) is 9.97 Å². The van der Waals surface area contributed by atoms with Crippen molar-refractivity contribution in [3.63, 3.8) is 0 Å². The van der Waals surface area contributed by atoms with Crippen molar-refractivity contribution in [3.05, 3.63) is 42.5 Å². The topological polar surface area (TPSA) is 89.8 Å². The lowest BCUT2D eigenvalue weighted by atomic mass is 10.0. The molecule has 0 saturated carbocycles. The minimum atomic E-state index is 0.202. The molecule has 0 amide bonds. The van der Waals surface area contributed by atoms with E-state index < -0.39 is 0 Å². The summed E-state index contributed by atoms with van der Waals surface area (Å²) in [6.45, 7) is 0. The van der Waals surface area contributed by atoms with E-state index in [1.54, 1.807) is 11.8 Å². The molecule has 5 N–H and O–H groups in total. The first kappa shape index (κ1) is 13.7. The van der Waals surface area contributed by atoms with Gasteiger partial charge in [0, 0.05) is 10.3 Å². The molecular formula is C15H15N5S. The Bertz CT molecular complexity index is 803. The van der Waals surface area contributed by atoms with Gasteiger partial charge in [-0.3, -0.25) is 0 Å². The van der Waals surface area contributed by atoms with E-state index in [1.807, 2.05) is 30.3 Å². The summed E-state index contributed by atoms with van der Waals surface area (Å²) < 4.78 is 0. The highest BCUT2D eigenvalue weighted by molar-refractivity contribution is 7.98. The number of rotatable bonds is 3. The van der Waals surface area contributed by atoms with Gasteiger partial charge in [0.15, 0.2) is 5.82 Å². The van der Waals surface area contributed by atoms with Gasteiger partial charge in [-0.2, -0.15) is 4.98 Å². The Morgan fingerprint density at radius 3 is 2.67 bits per heavy atom. The summed E-state index contributed by atoms with van der Waals surface area (Å²) in [4.78, 5) is 9.57. The predicted molar refractivity (Wildman–Crippen MR) is 89.0 cm³/mol. The predicted octanol–water partition coefficient (Wildman–Crippen LogP) is 2.89. The molecule has 3 rings (SSSR count). The number of thioether (sulfide) groups is 1. The maximum absolute atomic E-state index is 5.67. The number of aromatic nitrogens is 2. The Hall–Kier alpha value is -2.31. The maximum atomic E-state index is 5.67. The number of nitrogens with one attached hydrogen (secondary N) is 1. The fourth-order valence-corrected chi connectivity index (χ4v) is 2.93. The lowest BCUT2D eigenvalue weighted by Crippen LogP contribution is -2.11. The third-order valence-corrected chi connectivity index (χ3v) is 4.06. The van der Waals surface area contributed by atoms with E-state index in [9.17, 15) is 0 Å². The zero-order valence-corrected chi connectivity index (χ0v) is 12.3. The molecule has 2 aromatic carbocycles. The SMILES string of the molecule is CSc1ccccc1-c1ccc2nc(N)nc(NN)c2c1. The first-order chi connectivity index (χ1) is 10.2. The minimum Gasteiger partial charge on any atom is -0.368 e. The molecule has 106 valence electrons. The molecule has 0 radical (unpaired) electrons. The molecule has 0 aliphatic heterocycles. The van der Waals surface area contributed by atoms with E-state index in [0.717, 1.165) is 16.5 Å². The van der Waals surface area contributed by atoms with Crippen molar-refractivity contribution in [2.45, 2.75) is 4.90 Å². The Labute approximate surface area is 126 Å². The van der Waals surface area contributed by atoms with Crippen LogP contribution in [0.25, 0.3) is 22.0 Å². The molecule has 21 heavy (non-hydrogen) atoms. The first-order valence-electron chi connectivity index (χ1n) is 6.40. The molecule has 0 saturated heterocycles. The van der Waals surface area contributed by atoms with Crippen molar-refractivity contribution in [2.24, 2.45) is 5.84 Å². The van der Waals surface area contributed by atoms with Gasteiger partial charge >= 0.3 is 0 Å². The average Bonchev–Trinajstić information content (AvgIpc) is 2.53. The van der Waals surface area contributed by atoms with Gasteiger partial charge in [0.2, 0.25) is 5.95 Å². The molecule has 0 aliphatic rings. The van der Waals surface area contributed by atoms with Crippen LogP contribution in [0.15, 0.2) is 47.4 Å². The third-order valence-electron chi connectivity index (χ3n) is 3.27. The molecule has 0 unspecified atom stereocenters. The third kappa shape index (κ3) is 2.51. The number of anilines is 2. The van der Waals surface area contributed by atoms with Gasteiger partial charge in [-0.05, 0) is 35.6 Å². The zero-order valence-electron chi connectivity index (χ0n) is 11.5.